The van der Waals surface area contributed by atoms with Crippen LogP contribution >= 0.6 is 0 Å². The van der Waals surface area contributed by atoms with Crippen LogP contribution < -0.4 is 9.47 Å². The summed E-state index contributed by atoms with van der Waals surface area (Å²) in [4.78, 5) is 23.6. The van der Waals surface area contributed by atoms with Gasteiger partial charge in [0, 0.05) is 0 Å². The normalized spacial score (nSPS) is 11.5. The molecule has 0 amide bonds. The zero-order chi connectivity index (χ0) is 20.4. The molecule has 0 aliphatic carbocycles. The predicted molar refractivity (Wildman–Crippen MR) is 103 cm³/mol. The first kappa shape index (κ1) is 21.4. The van der Waals surface area contributed by atoms with Gasteiger partial charge in [-0.3, -0.25) is 4.79 Å². The number of halogens is 1. The molecule has 1 unspecified atom stereocenters. The van der Waals surface area contributed by atoms with Crippen molar-refractivity contribution in [3.63, 3.8) is 0 Å². The summed E-state index contributed by atoms with van der Waals surface area (Å²) in [5.41, 5.74) is 0.369. The third kappa shape index (κ3) is 7.02. The zero-order valence-corrected chi connectivity index (χ0v) is 16.2. The maximum atomic E-state index is 12.9. The lowest BCUT2D eigenvalue weighted by atomic mass is 10.1. The van der Waals surface area contributed by atoms with Crippen molar-refractivity contribution in [2.24, 2.45) is 5.92 Å². The fourth-order valence-electron chi connectivity index (χ4n) is 2.23. The summed E-state index contributed by atoms with van der Waals surface area (Å²) in [6.07, 6.45) is 2.25. The quantitative estimate of drug-likeness (QED) is 0.333. The summed E-state index contributed by atoms with van der Waals surface area (Å²) < 4.78 is 28.8. The number of ether oxygens (including phenoxy) is 3. The predicted octanol–water partition coefficient (Wildman–Crippen LogP) is 4.79. The highest BCUT2D eigenvalue weighted by Crippen LogP contribution is 2.16. The van der Waals surface area contributed by atoms with Gasteiger partial charge in [-0.05, 0) is 67.8 Å². The molecular formula is C22H25FO5. The monoisotopic (exact) mass is 388 g/mol. The third-order valence-corrected chi connectivity index (χ3v) is 4.18. The van der Waals surface area contributed by atoms with Crippen molar-refractivity contribution in [2.45, 2.75) is 33.1 Å². The molecule has 5 nitrogen and oxygen atoms in total. The van der Waals surface area contributed by atoms with E-state index < -0.39 is 11.8 Å². The molecule has 2 aromatic rings. The highest BCUT2D eigenvalue weighted by molar-refractivity contribution is 5.91. The fourth-order valence-corrected chi connectivity index (χ4v) is 2.23. The number of hydrogen-bond acceptors (Lipinski definition) is 5. The van der Waals surface area contributed by atoms with E-state index in [1.165, 1.54) is 24.3 Å². The van der Waals surface area contributed by atoms with Crippen LogP contribution in [0, 0.1) is 11.7 Å². The molecule has 0 spiro atoms. The van der Waals surface area contributed by atoms with E-state index in [0.717, 1.165) is 19.3 Å². The standard InChI is InChI=1S/C22H25FO5/c1-3-16(2)21(24)27-15-5-4-14-26-19-10-6-17(7-11-19)22(25)28-20-12-8-18(23)9-13-20/h6-13,16H,3-5,14-15H2,1-2H3. The average molecular weight is 388 g/mol. The molecule has 0 saturated heterocycles. The number of carbonyl (C=O) groups excluding carboxylic acids is 2. The Labute approximate surface area is 164 Å². The Morgan fingerprint density at radius 3 is 2.18 bits per heavy atom. The molecule has 0 bridgehead atoms. The summed E-state index contributed by atoms with van der Waals surface area (Å²) in [5, 5.41) is 0. The van der Waals surface area contributed by atoms with E-state index in [9.17, 15) is 14.0 Å². The van der Waals surface area contributed by atoms with Crippen molar-refractivity contribution >= 4 is 11.9 Å². The first-order valence-electron chi connectivity index (χ1n) is 9.37. The lowest BCUT2D eigenvalue weighted by molar-refractivity contribution is -0.148. The van der Waals surface area contributed by atoms with Crippen LogP contribution in [-0.2, 0) is 9.53 Å². The molecular weight excluding hydrogens is 363 g/mol. The summed E-state index contributed by atoms with van der Waals surface area (Å²) >= 11 is 0. The Kier molecular flexibility index (Phi) is 8.46. The van der Waals surface area contributed by atoms with Gasteiger partial charge in [0.2, 0.25) is 0 Å². The summed E-state index contributed by atoms with van der Waals surface area (Å²) in [6.45, 7) is 4.68. The molecule has 0 aliphatic rings. The topological polar surface area (TPSA) is 61.8 Å². The average Bonchev–Trinajstić information content (AvgIpc) is 2.71. The van der Waals surface area contributed by atoms with Crippen molar-refractivity contribution in [3.8, 4) is 11.5 Å². The number of benzene rings is 2. The smallest absolute Gasteiger partial charge is 0.343 e. The molecule has 28 heavy (non-hydrogen) atoms. The molecule has 0 radical (unpaired) electrons. The maximum Gasteiger partial charge on any atom is 0.343 e. The molecule has 2 aromatic carbocycles. The number of unbranched alkanes of at least 4 members (excludes halogenated alkanes) is 1. The summed E-state index contributed by atoms with van der Waals surface area (Å²) in [5.74, 6) is -0.233. The minimum atomic E-state index is -0.527. The van der Waals surface area contributed by atoms with Crippen molar-refractivity contribution in [3.05, 3.63) is 59.9 Å². The number of rotatable bonds is 10. The lowest BCUT2D eigenvalue weighted by Gasteiger charge is -2.10. The van der Waals surface area contributed by atoms with Crippen molar-refractivity contribution in [1.29, 1.82) is 0 Å². The number of hydrogen-bond donors (Lipinski definition) is 0. The molecule has 0 saturated carbocycles. The second kappa shape index (κ2) is 11.1. The van der Waals surface area contributed by atoms with E-state index in [2.05, 4.69) is 0 Å². The van der Waals surface area contributed by atoms with Gasteiger partial charge in [0.1, 0.15) is 17.3 Å². The van der Waals surface area contributed by atoms with Crippen LogP contribution in [0.15, 0.2) is 48.5 Å². The van der Waals surface area contributed by atoms with Gasteiger partial charge < -0.3 is 14.2 Å². The number of carbonyl (C=O) groups is 2. The van der Waals surface area contributed by atoms with Gasteiger partial charge in [0.25, 0.3) is 0 Å². The van der Waals surface area contributed by atoms with Crippen molar-refractivity contribution in [1.82, 2.24) is 0 Å². The third-order valence-electron chi connectivity index (χ3n) is 4.18. The largest absolute Gasteiger partial charge is 0.494 e. The van der Waals surface area contributed by atoms with Crippen LogP contribution in [0.3, 0.4) is 0 Å². The maximum absolute atomic E-state index is 12.9. The molecule has 0 N–H and O–H groups in total. The molecule has 2 rings (SSSR count). The van der Waals surface area contributed by atoms with Crippen LogP contribution in [-0.4, -0.2) is 25.2 Å². The first-order chi connectivity index (χ1) is 13.5. The molecule has 6 heteroatoms. The van der Waals surface area contributed by atoms with E-state index in [1.807, 2.05) is 13.8 Å². The van der Waals surface area contributed by atoms with E-state index in [0.29, 0.717) is 24.5 Å². The van der Waals surface area contributed by atoms with Gasteiger partial charge in [0.05, 0.1) is 24.7 Å². The molecule has 0 aromatic heterocycles. The number of esters is 2. The zero-order valence-electron chi connectivity index (χ0n) is 16.2. The highest BCUT2D eigenvalue weighted by Gasteiger charge is 2.11. The summed E-state index contributed by atoms with van der Waals surface area (Å²) in [6, 6.07) is 11.8. The Hall–Kier alpha value is -2.89. The fraction of sp³-hybridized carbons (Fsp3) is 0.364. The van der Waals surface area contributed by atoms with Crippen molar-refractivity contribution < 1.29 is 28.2 Å². The highest BCUT2D eigenvalue weighted by atomic mass is 19.1. The Bertz CT molecular complexity index is 756. The molecule has 0 fully saturated rings. The van der Waals surface area contributed by atoms with Crippen molar-refractivity contribution in [2.75, 3.05) is 13.2 Å². The van der Waals surface area contributed by atoms with E-state index in [-0.39, 0.29) is 17.6 Å². The van der Waals surface area contributed by atoms with Crippen LogP contribution in [0.5, 0.6) is 11.5 Å². The van der Waals surface area contributed by atoms with Gasteiger partial charge in [-0.15, -0.1) is 0 Å². The molecule has 0 heterocycles. The van der Waals surface area contributed by atoms with E-state index in [4.69, 9.17) is 14.2 Å². The Morgan fingerprint density at radius 2 is 1.54 bits per heavy atom. The van der Waals surface area contributed by atoms with E-state index >= 15 is 0 Å². The second-order valence-corrected chi connectivity index (χ2v) is 6.40. The SMILES string of the molecule is CCC(C)C(=O)OCCCCOc1ccc(C(=O)Oc2ccc(F)cc2)cc1. The van der Waals surface area contributed by atoms with E-state index in [1.54, 1.807) is 24.3 Å². The second-order valence-electron chi connectivity index (χ2n) is 6.40. The Balaban J connectivity index is 1.68. The van der Waals surface area contributed by atoms with Crippen LogP contribution in [0.4, 0.5) is 4.39 Å². The lowest BCUT2D eigenvalue weighted by Crippen LogP contribution is -2.15. The van der Waals surface area contributed by atoms with Gasteiger partial charge in [-0.1, -0.05) is 13.8 Å². The van der Waals surface area contributed by atoms with Crippen LogP contribution in [0.1, 0.15) is 43.5 Å². The molecule has 150 valence electrons. The van der Waals surface area contributed by atoms with Crippen LogP contribution in [0.25, 0.3) is 0 Å². The van der Waals surface area contributed by atoms with Gasteiger partial charge >= 0.3 is 11.9 Å². The minimum absolute atomic E-state index is 0.0653. The van der Waals surface area contributed by atoms with Crippen LogP contribution in [0.2, 0.25) is 0 Å². The van der Waals surface area contributed by atoms with Gasteiger partial charge in [-0.25, -0.2) is 9.18 Å². The summed E-state index contributed by atoms with van der Waals surface area (Å²) in [7, 11) is 0. The molecule has 1 atom stereocenters. The Morgan fingerprint density at radius 1 is 0.929 bits per heavy atom. The molecule has 0 aliphatic heterocycles. The van der Waals surface area contributed by atoms with Gasteiger partial charge in [-0.2, -0.15) is 0 Å². The minimum Gasteiger partial charge on any atom is -0.494 e. The first-order valence-corrected chi connectivity index (χ1v) is 9.37. The van der Waals surface area contributed by atoms with Gasteiger partial charge in [0.15, 0.2) is 0 Å².